The van der Waals surface area contributed by atoms with Crippen molar-refractivity contribution in [3.05, 3.63) is 59.0 Å². The number of hydrogen-bond donors (Lipinski definition) is 0. The monoisotopic (exact) mass is 379 g/mol. The van der Waals surface area contributed by atoms with Crippen molar-refractivity contribution in [3.63, 3.8) is 0 Å². The van der Waals surface area contributed by atoms with Crippen LogP contribution in [0.4, 0.5) is 4.39 Å². The number of aryl methyl sites for hydroxylation is 2. The van der Waals surface area contributed by atoms with Crippen LogP contribution >= 0.6 is 11.3 Å². The fourth-order valence-corrected chi connectivity index (χ4v) is 3.80. The Hall–Kier alpha value is -3.20. The van der Waals surface area contributed by atoms with E-state index in [9.17, 15) is 4.39 Å². The molecule has 0 aliphatic heterocycles. The topological polar surface area (TPSA) is 73.8 Å². The highest BCUT2D eigenvalue weighted by Gasteiger charge is 2.14. The molecule has 0 amide bonds. The predicted octanol–water partition coefficient (Wildman–Crippen LogP) is 3.17. The minimum absolute atomic E-state index is 0.309. The second-order valence-electron chi connectivity index (χ2n) is 6.37. The summed E-state index contributed by atoms with van der Waals surface area (Å²) in [5, 5.41) is 18.6. The Morgan fingerprint density at radius 1 is 1.11 bits per heavy atom. The van der Waals surface area contributed by atoms with Gasteiger partial charge in [-0.2, -0.15) is 14.7 Å². The smallest absolute Gasteiger partial charge is 0.234 e. The maximum absolute atomic E-state index is 14.6. The van der Waals surface area contributed by atoms with Crippen molar-refractivity contribution in [2.45, 2.75) is 13.3 Å². The Kier molecular flexibility index (Phi) is 3.51. The summed E-state index contributed by atoms with van der Waals surface area (Å²) in [4.78, 5) is 5.11. The molecule has 7 nitrogen and oxygen atoms in total. The summed E-state index contributed by atoms with van der Waals surface area (Å²) in [6, 6.07) is 5.27. The van der Waals surface area contributed by atoms with Crippen molar-refractivity contribution in [3.8, 4) is 11.1 Å². The van der Waals surface area contributed by atoms with E-state index in [0.29, 0.717) is 28.3 Å². The molecule has 0 bridgehead atoms. The summed E-state index contributed by atoms with van der Waals surface area (Å²) < 4.78 is 18.0. The highest BCUT2D eigenvalue weighted by atomic mass is 32.1. The van der Waals surface area contributed by atoms with Crippen LogP contribution < -0.4 is 0 Å². The molecule has 0 N–H and O–H groups in total. The van der Waals surface area contributed by atoms with Crippen molar-refractivity contribution < 1.29 is 4.39 Å². The zero-order chi connectivity index (χ0) is 18.5. The Balaban J connectivity index is 1.58. The fraction of sp³-hybridized carbons (Fsp3) is 0.167. The minimum atomic E-state index is -0.312. The zero-order valence-electron chi connectivity index (χ0n) is 14.6. The summed E-state index contributed by atoms with van der Waals surface area (Å²) in [6.07, 6.45) is 5.75. The highest BCUT2D eigenvalue weighted by Crippen LogP contribution is 2.25. The van der Waals surface area contributed by atoms with Crippen LogP contribution in [0.15, 0.2) is 36.8 Å². The number of pyridine rings is 1. The molecule has 0 radical (unpaired) electrons. The Morgan fingerprint density at radius 2 is 2.00 bits per heavy atom. The fourth-order valence-electron chi connectivity index (χ4n) is 3.10. The first kappa shape index (κ1) is 16.0. The average Bonchev–Trinajstić information content (AvgIpc) is 3.32. The third-order valence-electron chi connectivity index (χ3n) is 4.39. The normalized spacial score (nSPS) is 11.7. The lowest BCUT2D eigenvalue weighted by Gasteiger charge is -2.06. The van der Waals surface area contributed by atoms with Gasteiger partial charge in [0.15, 0.2) is 5.82 Å². The van der Waals surface area contributed by atoms with E-state index in [1.165, 1.54) is 17.4 Å². The summed E-state index contributed by atoms with van der Waals surface area (Å²) in [7, 11) is 1.87. The molecule has 0 spiro atoms. The van der Waals surface area contributed by atoms with Gasteiger partial charge >= 0.3 is 0 Å². The molecule has 9 heteroatoms. The molecule has 134 valence electrons. The van der Waals surface area contributed by atoms with E-state index < -0.39 is 0 Å². The van der Waals surface area contributed by atoms with E-state index in [-0.39, 0.29) is 5.82 Å². The van der Waals surface area contributed by atoms with Crippen molar-refractivity contribution >= 4 is 27.2 Å². The number of benzene rings is 1. The SMILES string of the molecule is Cc1nn2c(Cc3cc4cc(-c5cnn(C)c5)cnc4cc3F)nnc2s1. The second kappa shape index (κ2) is 5.92. The molecule has 5 rings (SSSR count). The molecule has 1 aromatic carbocycles. The van der Waals surface area contributed by atoms with Crippen LogP contribution in [0, 0.1) is 12.7 Å². The quantitative estimate of drug-likeness (QED) is 0.481. The lowest BCUT2D eigenvalue weighted by molar-refractivity contribution is 0.612. The van der Waals surface area contributed by atoms with E-state index in [0.717, 1.165) is 21.5 Å². The molecule has 4 aromatic heterocycles. The van der Waals surface area contributed by atoms with Gasteiger partial charge in [0.05, 0.1) is 11.7 Å². The van der Waals surface area contributed by atoms with E-state index in [1.807, 2.05) is 32.3 Å². The molecule has 0 aliphatic rings. The third-order valence-corrected chi connectivity index (χ3v) is 5.21. The number of aromatic nitrogens is 7. The molecule has 0 saturated heterocycles. The predicted molar refractivity (Wildman–Crippen MR) is 100 cm³/mol. The Morgan fingerprint density at radius 3 is 2.81 bits per heavy atom. The van der Waals surface area contributed by atoms with Crippen LogP contribution in [0.5, 0.6) is 0 Å². The molecule has 5 aromatic rings. The lowest BCUT2D eigenvalue weighted by atomic mass is 10.0. The molecule has 0 fully saturated rings. The van der Waals surface area contributed by atoms with E-state index >= 15 is 0 Å². The van der Waals surface area contributed by atoms with E-state index in [1.54, 1.807) is 21.6 Å². The van der Waals surface area contributed by atoms with Crippen LogP contribution in [0.1, 0.15) is 16.4 Å². The van der Waals surface area contributed by atoms with E-state index in [4.69, 9.17) is 0 Å². The zero-order valence-corrected chi connectivity index (χ0v) is 15.4. The average molecular weight is 379 g/mol. The highest BCUT2D eigenvalue weighted by molar-refractivity contribution is 7.16. The summed E-state index contributed by atoms with van der Waals surface area (Å²) in [6.45, 7) is 1.91. The maximum Gasteiger partial charge on any atom is 0.234 e. The van der Waals surface area contributed by atoms with Crippen molar-refractivity contribution in [1.29, 1.82) is 0 Å². The van der Waals surface area contributed by atoms with Gasteiger partial charge in [0.25, 0.3) is 0 Å². The van der Waals surface area contributed by atoms with Gasteiger partial charge in [0.1, 0.15) is 10.8 Å². The first-order valence-electron chi connectivity index (χ1n) is 8.32. The van der Waals surface area contributed by atoms with Crippen molar-refractivity contribution in [2.24, 2.45) is 7.05 Å². The van der Waals surface area contributed by atoms with Crippen LogP contribution in [0.25, 0.3) is 27.0 Å². The molecular weight excluding hydrogens is 365 g/mol. The standard InChI is InChI=1S/C18H14FN7S/c1-10-24-26-17(22-23-18(26)27-10)5-11-3-12-4-13(14-8-21-25(2)9-14)7-20-16(12)6-15(11)19/h3-4,6-9H,5H2,1-2H3. The number of halogens is 1. The molecule has 0 saturated carbocycles. The molecule has 0 atom stereocenters. The number of hydrogen-bond acceptors (Lipinski definition) is 6. The summed E-state index contributed by atoms with van der Waals surface area (Å²) in [5.41, 5.74) is 3.05. The van der Waals surface area contributed by atoms with Crippen LogP contribution in [-0.2, 0) is 13.5 Å². The molecule has 4 heterocycles. The number of fused-ring (bicyclic) bond motifs is 2. The van der Waals surface area contributed by atoms with Crippen molar-refractivity contribution in [2.75, 3.05) is 0 Å². The summed E-state index contributed by atoms with van der Waals surface area (Å²) >= 11 is 1.46. The van der Waals surface area contributed by atoms with Gasteiger partial charge in [-0.3, -0.25) is 9.67 Å². The second-order valence-corrected chi connectivity index (χ2v) is 7.53. The Bertz CT molecular complexity index is 1300. The van der Waals surface area contributed by atoms with Gasteiger partial charge in [-0.1, -0.05) is 11.3 Å². The molecule has 27 heavy (non-hydrogen) atoms. The van der Waals surface area contributed by atoms with Crippen LogP contribution in [0.2, 0.25) is 0 Å². The van der Waals surface area contributed by atoms with Crippen LogP contribution in [-0.4, -0.2) is 34.6 Å². The summed E-state index contributed by atoms with van der Waals surface area (Å²) in [5.74, 6) is 0.303. The van der Waals surface area contributed by atoms with Gasteiger partial charge in [-0.05, 0) is 24.6 Å². The van der Waals surface area contributed by atoms with Gasteiger partial charge < -0.3 is 0 Å². The molecule has 0 aliphatic carbocycles. The third kappa shape index (κ3) is 2.76. The minimum Gasteiger partial charge on any atom is -0.275 e. The van der Waals surface area contributed by atoms with E-state index in [2.05, 4.69) is 25.4 Å². The largest absolute Gasteiger partial charge is 0.275 e. The number of nitrogens with zero attached hydrogens (tertiary/aromatic N) is 7. The van der Waals surface area contributed by atoms with Gasteiger partial charge in [0.2, 0.25) is 4.96 Å². The first-order valence-corrected chi connectivity index (χ1v) is 9.13. The number of rotatable bonds is 3. The Labute approximate surface area is 157 Å². The first-order chi connectivity index (χ1) is 13.1. The lowest BCUT2D eigenvalue weighted by Crippen LogP contribution is -2.00. The molecular formula is C18H14FN7S. The van der Waals surface area contributed by atoms with Crippen LogP contribution in [0.3, 0.4) is 0 Å². The van der Waals surface area contributed by atoms with Gasteiger partial charge in [-0.15, -0.1) is 10.2 Å². The van der Waals surface area contributed by atoms with Gasteiger partial charge in [-0.25, -0.2) is 4.39 Å². The maximum atomic E-state index is 14.6. The van der Waals surface area contributed by atoms with Crippen molar-refractivity contribution in [1.82, 2.24) is 34.6 Å². The molecule has 0 unspecified atom stereocenters. The van der Waals surface area contributed by atoms with Gasteiger partial charge in [0, 0.05) is 48.4 Å².